The van der Waals surface area contributed by atoms with E-state index in [0.717, 1.165) is 5.56 Å². The number of aromatic carboxylic acids is 1. The monoisotopic (exact) mass is 436 g/mol. The molecule has 12 nitrogen and oxygen atoms in total. The van der Waals surface area contributed by atoms with Gasteiger partial charge in [-0.3, -0.25) is 4.68 Å². The Morgan fingerprint density at radius 3 is 2.78 bits per heavy atom. The van der Waals surface area contributed by atoms with Gasteiger partial charge in [-0.1, -0.05) is 6.07 Å². The number of carboxylic acid groups (broad SMARTS) is 1. The first-order valence-corrected chi connectivity index (χ1v) is 9.51. The lowest BCUT2D eigenvalue weighted by molar-refractivity contribution is 0.0697. The number of rotatable bonds is 8. The molecule has 0 amide bonds. The van der Waals surface area contributed by atoms with Gasteiger partial charge in [0.2, 0.25) is 11.8 Å². The topological polar surface area (TPSA) is 153 Å². The van der Waals surface area contributed by atoms with Gasteiger partial charge in [0.15, 0.2) is 11.6 Å². The fourth-order valence-corrected chi connectivity index (χ4v) is 3.02. The lowest BCUT2D eigenvalue weighted by Crippen LogP contribution is -2.10. The molecule has 0 radical (unpaired) electrons. The molecule has 164 valence electrons. The molecule has 0 aliphatic heterocycles. The Morgan fingerprint density at radius 1 is 1.28 bits per heavy atom. The average Bonchev–Trinajstić information content (AvgIpc) is 3.40. The SMILES string of the molecule is COc1c(Nc2nc(NCc3cnn(C)c3)ncc2C(=O)O)cccc1-c1nnc(C)o1. The van der Waals surface area contributed by atoms with Crippen LogP contribution in [0.3, 0.4) is 0 Å². The molecule has 0 unspecified atom stereocenters. The number of aromatic nitrogens is 6. The number of nitrogens with one attached hydrogen (secondary N) is 2. The molecule has 32 heavy (non-hydrogen) atoms. The van der Waals surface area contributed by atoms with Gasteiger partial charge < -0.3 is 24.9 Å². The van der Waals surface area contributed by atoms with E-state index in [9.17, 15) is 9.90 Å². The van der Waals surface area contributed by atoms with Crippen molar-refractivity contribution in [3.8, 4) is 17.2 Å². The molecule has 0 saturated carbocycles. The molecule has 4 rings (SSSR count). The van der Waals surface area contributed by atoms with Crippen molar-refractivity contribution in [2.75, 3.05) is 17.7 Å². The third-order valence-corrected chi connectivity index (χ3v) is 4.46. The first-order chi connectivity index (χ1) is 15.4. The van der Waals surface area contributed by atoms with Crippen molar-refractivity contribution in [2.45, 2.75) is 13.5 Å². The van der Waals surface area contributed by atoms with Gasteiger partial charge >= 0.3 is 5.97 Å². The molecular weight excluding hydrogens is 416 g/mol. The van der Waals surface area contributed by atoms with Crippen LogP contribution in [0.25, 0.3) is 11.5 Å². The number of carbonyl (C=O) groups is 1. The molecule has 0 fully saturated rings. The Balaban J connectivity index is 1.66. The van der Waals surface area contributed by atoms with Crippen LogP contribution in [0.2, 0.25) is 0 Å². The number of anilines is 3. The van der Waals surface area contributed by atoms with Crippen LogP contribution >= 0.6 is 0 Å². The van der Waals surface area contributed by atoms with Crippen LogP contribution in [-0.2, 0) is 13.6 Å². The van der Waals surface area contributed by atoms with E-state index in [-0.39, 0.29) is 23.2 Å². The number of aryl methyl sites for hydroxylation is 2. The van der Waals surface area contributed by atoms with Crippen LogP contribution in [-0.4, -0.2) is 48.1 Å². The van der Waals surface area contributed by atoms with E-state index >= 15 is 0 Å². The molecule has 3 aromatic heterocycles. The molecule has 0 aliphatic carbocycles. The van der Waals surface area contributed by atoms with Gasteiger partial charge in [0.1, 0.15) is 5.56 Å². The van der Waals surface area contributed by atoms with Crippen LogP contribution in [0, 0.1) is 6.92 Å². The minimum atomic E-state index is -1.17. The van der Waals surface area contributed by atoms with Gasteiger partial charge in [0.05, 0.1) is 24.6 Å². The predicted octanol–water partition coefficient (Wildman–Crippen LogP) is 2.63. The van der Waals surface area contributed by atoms with Crippen LogP contribution in [0.5, 0.6) is 5.75 Å². The molecule has 3 heterocycles. The smallest absolute Gasteiger partial charge is 0.341 e. The summed E-state index contributed by atoms with van der Waals surface area (Å²) in [6, 6.07) is 5.24. The van der Waals surface area contributed by atoms with Gasteiger partial charge in [-0.2, -0.15) is 10.1 Å². The normalized spacial score (nSPS) is 10.7. The highest BCUT2D eigenvalue weighted by atomic mass is 16.5. The summed E-state index contributed by atoms with van der Waals surface area (Å²) in [5, 5.41) is 27.7. The largest absolute Gasteiger partial charge is 0.494 e. The minimum absolute atomic E-state index is 0.0957. The standard InChI is InChI=1S/C20H20N8O4/c1-11-26-27-18(32-11)13-5-4-6-15(16(13)31-3)24-17-14(19(29)30)9-22-20(25-17)21-7-12-8-23-28(2)10-12/h4-6,8-10H,7H2,1-3H3,(H,29,30)(H2,21,22,24,25). The minimum Gasteiger partial charge on any atom is -0.494 e. The molecule has 0 aliphatic rings. The molecule has 1 aromatic carbocycles. The summed E-state index contributed by atoms with van der Waals surface area (Å²) in [6.45, 7) is 2.11. The van der Waals surface area contributed by atoms with Gasteiger partial charge in [-0.25, -0.2) is 9.78 Å². The summed E-state index contributed by atoms with van der Waals surface area (Å²) in [5.41, 5.74) is 1.86. The molecule has 12 heteroatoms. The number of nitrogens with zero attached hydrogens (tertiary/aromatic N) is 6. The van der Waals surface area contributed by atoms with Crippen molar-refractivity contribution in [1.29, 1.82) is 0 Å². The van der Waals surface area contributed by atoms with E-state index < -0.39 is 5.97 Å². The number of ether oxygens (including phenoxy) is 1. The molecule has 0 saturated heterocycles. The van der Waals surface area contributed by atoms with Crippen molar-refractivity contribution in [2.24, 2.45) is 7.05 Å². The molecule has 0 atom stereocenters. The Bertz CT molecular complexity index is 1270. The second kappa shape index (κ2) is 8.71. The Kier molecular flexibility index (Phi) is 5.66. The molecule has 0 spiro atoms. The first kappa shape index (κ1) is 20.8. The fourth-order valence-electron chi connectivity index (χ4n) is 3.02. The number of carboxylic acids is 1. The number of benzene rings is 1. The Morgan fingerprint density at radius 2 is 2.12 bits per heavy atom. The lowest BCUT2D eigenvalue weighted by Gasteiger charge is -2.15. The number of hydrogen-bond donors (Lipinski definition) is 3. The maximum Gasteiger partial charge on any atom is 0.341 e. The quantitative estimate of drug-likeness (QED) is 0.373. The summed E-state index contributed by atoms with van der Waals surface area (Å²) in [7, 11) is 3.31. The highest BCUT2D eigenvalue weighted by Gasteiger charge is 2.19. The Labute approximate surface area is 182 Å². The summed E-state index contributed by atoms with van der Waals surface area (Å²) in [5.74, 6) is 0.268. The Hall–Kier alpha value is -4.48. The molecule has 0 bridgehead atoms. The first-order valence-electron chi connectivity index (χ1n) is 9.51. The van der Waals surface area contributed by atoms with Crippen molar-refractivity contribution in [1.82, 2.24) is 29.9 Å². The third-order valence-electron chi connectivity index (χ3n) is 4.46. The van der Waals surface area contributed by atoms with Crippen LogP contribution in [0.15, 0.2) is 41.2 Å². The second-order valence-corrected chi connectivity index (χ2v) is 6.77. The van der Waals surface area contributed by atoms with E-state index in [1.165, 1.54) is 13.3 Å². The highest BCUT2D eigenvalue weighted by Crippen LogP contribution is 2.37. The zero-order chi connectivity index (χ0) is 22.7. The van der Waals surface area contributed by atoms with E-state index in [2.05, 4.69) is 35.9 Å². The summed E-state index contributed by atoms with van der Waals surface area (Å²) in [6.07, 6.45) is 4.81. The third kappa shape index (κ3) is 4.33. The second-order valence-electron chi connectivity index (χ2n) is 6.77. The molecule has 4 aromatic rings. The average molecular weight is 436 g/mol. The van der Waals surface area contributed by atoms with Crippen LogP contribution in [0.4, 0.5) is 17.5 Å². The summed E-state index contributed by atoms with van der Waals surface area (Å²) >= 11 is 0. The van der Waals surface area contributed by atoms with Crippen molar-refractivity contribution >= 4 is 23.4 Å². The lowest BCUT2D eigenvalue weighted by atomic mass is 10.1. The van der Waals surface area contributed by atoms with E-state index in [1.54, 1.807) is 36.0 Å². The van der Waals surface area contributed by atoms with Crippen molar-refractivity contribution < 1.29 is 19.1 Å². The predicted molar refractivity (Wildman–Crippen MR) is 114 cm³/mol. The van der Waals surface area contributed by atoms with Crippen molar-refractivity contribution in [3.63, 3.8) is 0 Å². The van der Waals surface area contributed by atoms with Gasteiger partial charge in [-0.05, 0) is 12.1 Å². The van der Waals surface area contributed by atoms with E-state index in [4.69, 9.17) is 9.15 Å². The van der Waals surface area contributed by atoms with Crippen molar-refractivity contribution in [3.05, 3.63) is 53.8 Å². The number of methoxy groups -OCH3 is 1. The number of para-hydroxylation sites is 1. The fraction of sp³-hybridized carbons (Fsp3) is 0.200. The van der Waals surface area contributed by atoms with Crippen LogP contribution in [0.1, 0.15) is 21.8 Å². The van der Waals surface area contributed by atoms with Crippen LogP contribution < -0.4 is 15.4 Å². The summed E-state index contributed by atoms with van der Waals surface area (Å²) < 4.78 is 12.7. The zero-order valence-electron chi connectivity index (χ0n) is 17.5. The highest BCUT2D eigenvalue weighted by molar-refractivity contribution is 5.94. The van der Waals surface area contributed by atoms with Gasteiger partial charge in [0, 0.05) is 38.5 Å². The molecular formula is C20H20N8O4. The van der Waals surface area contributed by atoms with Gasteiger partial charge in [0.25, 0.3) is 5.89 Å². The molecule has 3 N–H and O–H groups in total. The maximum absolute atomic E-state index is 11.7. The maximum atomic E-state index is 11.7. The van der Waals surface area contributed by atoms with E-state index in [0.29, 0.717) is 29.4 Å². The zero-order valence-corrected chi connectivity index (χ0v) is 17.5. The van der Waals surface area contributed by atoms with Gasteiger partial charge in [-0.15, -0.1) is 10.2 Å². The van der Waals surface area contributed by atoms with E-state index in [1.807, 2.05) is 13.2 Å². The summed E-state index contributed by atoms with van der Waals surface area (Å²) in [4.78, 5) is 20.2. The number of hydrogen-bond acceptors (Lipinski definition) is 10.